The first-order valence-corrected chi connectivity index (χ1v) is 14.8. The van der Waals surface area contributed by atoms with Gasteiger partial charge in [0.2, 0.25) is 26.6 Å². The molecular weight excluding hydrogens is 543 g/mol. The summed E-state index contributed by atoms with van der Waals surface area (Å²) in [4.78, 5) is 21.4. The lowest BCUT2D eigenvalue weighted by atomic mass is 10.1. The van der Waals surface area contributed by atoms with Gasteiger partial charge in [0.1, 0.15) is 4.32 Å². The Morgan fingerprint density at radius 3 is 2.45 bits per heavy atom. The van der Waals surface area contributed by atoms with E-state index >= 15 is 0 Å². The van der Waals surface area contributed by atoms with E-state index < -0.39 is 9.84 Å². The highest BCUT2D eigenvalue weighted by Gasteiger charge is 2.35. The molecule has 1 amide bonds. The number of thioether (sulfide) groups is 1. The number of carbonyl (C=O) groups is 1. The fourth-order valence-corrected chi connectivity index (χ4v) is 6.77. The number of thiocarbonyl (C=S) groups is 1. The largest absolute Gasteiger partial charge is 0.420 e. The molecule has 1 aromatic heterocycles. The van der Waals surface area contributed by atoms with Crippen molar-refractivity contribution in [1.29, 1.82) is 0 Å². The van der Waals surface area contributed by atoms with Gasteiger partial charge in [-0.2, -0.15) is 4.98 Å². The molecule has 0 unspecified atom stereocenters. The molecule has 3 aromatic rings. The summed E-state index contributed by atoms with van der Waals surface area (Å²) in [6.07, 6.45) is 1.47. The number of aryl methyl sites for hydroxylation is 3. The Morgan fingerprint density at radius 1 is 1.05 bits per heavy atom. The molecule has 0 spiro atoms. The summed E-state index contributed by atoms with van der Waals surface area (Å²) in [5.41, 5.74) is 3.94. The van der Waals surface area contributed by atoms with Gasteiger partial charge in [-0.05, 0) is 49.6 Å². The molecule has 3 heterocycles. The topological polar surface area (TPSA) is 93.0 Å². The van der Waals surface area contributed by atoms with Crippen LogP contribution in [0.15, 0.2) is 61.7 Å². The first kappa shape index (κ1) is 26.6. The standard InChI is InChI=1S/C27H27N3O5S3/c1-17-4-7-20(8-5-17)16-30-25(31)22(37-27(30)36)15-23-28-24(26(35-23)29-10-12-34-13-11-29)38(32,33)21-9-6-18(2)19(3)14-21/h4-9,14-15H,10-13,16H2,1-3H3. The van der Waals surface area contributed by atoms with Crippen molar-refractivity contribution in [3.05, 3.63) is 75.5 Å². The van der Waals surface area contributed by atoms with Crippen molar-refractivity contribution in [2.45, 2.75) is 37.2 Å². The third-order valence-corrected chi connectivity index (χ3v) is 9.55. The maximum atomic E-state index is 13.7. The lowest BCUT2D eigenvalue weighted by Crippen LogP contribution is -2.36. The molecule has 0 N–H and O–H groups in total. The van der Waals surface area contributed by atoms with E-state index in [4.69, 9.17) is 21.4 Å². The fourth-order valence-electron chi connectivity index (χ4n) is 4.13. The highest BCUT2D eigenvalue weighted by atomic mass is 32.2. The van der Waals surface area contributed by atoms with Crippen molar-refractivity contribution in [2.75, 3.05) is 31.2 Å². The number of amides is 1. The molecule has 2 aliphatic rings. The number of oxazole rings is 1. The minimum atomic E-state index is -3.99. The zero-order chi connectivity index (χ0) is 27.0. The number of rotatable bonds is 6. The zero-order valence-electron chi connectivity index (χ0n) is 21.3. The van der Waals surface area contributed by atoms with Gasteiger partial charge < -0.3 is 14.1 Å². The predicted octanol–water partition coefficient (Wildman–Crippen LogP) is 4.67. The van der Waals surface area contributed by atoms with Gasteiger partial charge in [-0.25, -0.2) is 8.42 Å². The number of anilines is 1. The summed E-state index contributed by atoms with van der Waals surface area (Å²) < 4.78 is 39.3. The highest BCUT2D eigenvalue weighted by molar-refractivity contribution is 8.26. The minimum absolute atomic E-state index is 0.0322. The Bertz CT molecular complexity index is 1540. The van der Waals surface area contributed by atoms with Crippen molar-refractivity contribution in [3.63, 3.8) is 0 Å². The second-order valence-corrected chi connectivity index (χ2v) is 12.8. The number of ether oxygens (including phenoxy) is 1. The Balaban J connectivity index is 1.50. The summed E-state index contributed by atoms with van der Waals surface area (Å²) >= 11 is 6.62. The van der Waals surface area contributed by atoms with Crippen LogP contribution < -0.4 is 4.90 Å². The number of benzene rings is 2. The second kappa shape index (κ2) is 10.6. The van der Waals surface area contributed by atoms with Crippen LogP contribution in [0.5, 0.6) is 0 Å². The van der Waals surface area contributed by atoms with Crippen LogP contribution in [0.1, 0.15) is 28.1 Å². The molecule has 2 saturated heterocycles. The van der Waals surface area contributed by atoms with Gasteiger partial charge in [-0.15, -0.1) is 0 Å². The van der Waals surface area contributed by atoms with Gasteiger partial charge in [0, 0.05) is 19.2 Å². The molecule has 2 aliphatic heterocycles. The van der Waals surface area contributed by atoms with Crippen molar-refractivity contribution < 1.29 is 22.4 Å². The second-order valence-electron chi connectivity index (χ2n) is 9.26. The molecule has 0 saturated carbocycles. The number of morpholine rings is 1. The van der Waals surface area contributed by atoms with E-state index in [0.29, 0.717) is 42.1 Å². The number of sulfone groups is 1. The van der Waals surface area contributed by atoms with Crippen LogP contribution in [0, 0.1) is 20.8 Å². The first-order valence-electron chi connectivity index (χ1n) is 12.1. The van der Waals surface area contributed by atoms with Crippen LogP contribution in [0.4, 0.5) is 5.88 Å². The number of nitrogens with zero attached hydrogens (tertiary/aromatic N) is 3. The van der Waals surface area contributed by atoms with Gasteiger partial charge in [0.15, 0.2) is 0 Å². The molecule has 0 bridgehead atoms. The van der Waals surface area contributed by atoms with E-state index in [0.717, 1.165) is 34.0 Å². The van der Waals surface area contributed by atoms with Crippen LogP contribution in [0.25, 0.3) is 6.08 Å². The summed E-state index contributed by atoms with van der Waals surface area (Å²) in [6, 6.07) is 12.9. The third kappa shape index (κ3) is 5.28. The van der Waals surface area contributed by atoms with E-state index in [1.54, 1.807) is 18.2 Å². The van der Waals surface area contributed by atoms with Crippen LogP contribution in [-0.2, 0) is 25.9 Å². The quantitative estimate of drug-likeness (QED) is 0.310. The van der Waals surface area contributed by atoms with Crippen LogP contribution in [0.3, 0.4) is 0 Å². The molecule has 2 aromatic carbocycles. The van der Waals surface area contributed by atoms with Crippen LogP contribution >= 0.6 is 24.0 Å². The lowest BCUT2D eigenvalue weighted by Gasteiger charge is -2.26. The van der Waals surface area contributed by atoms with Crippen LogP contribution in [0.2, 0.25) is 0 Å². The Hall–Kier alpha value is -2.99. The Kier molecular flexibility index (Phi) is 7.45. The van der Waals surface area contributed by atoms with Crippen molar-refractivity contribution in [2.24, 2.45) is 0 Å². The lowest BCUT2D eigenvalue weighted by molar-refractivity contribution is -0.122. The summed E-state index contributed by atoms with van der Waals surface area (Å²) in [7, 11) is -3.99. The normalized spacial score (nSPS) is 17.6. The predicted molar refractivity (Wildman–Crippen MR) is 151 cm³/mol. The number of carbonyl (C=O) groups excluding carboxylic acids is 1. The molecule has 38 heavy (non-hydrogen) atoms. The fraction of sp³-hybridized carbons (Fsp3) is 0.296. The summed E-state index contributed by atoms with van der Waals surface area (Å²) in [5, 5.41) is -0.177. The maximum absolute atomic E-state index is 13.7. The molecule has 0 aliphatic carbocycles. The molecule has 198 valence electrons. The van der Waals surface area contributed by atoms with E-state index in [1.165, 1.54) is 11.0 Å². The average molecular weight is 570 g/mol. The van der Waals surface area contributed by atoms with Gasteiger partial charge >= 0.3 is 0 Å². The van der Waals surface area contributed by atoms with Crippen molar-refractivity contribution in [3.8, 4) is 0 Å². The van der Waals surface area contributed by atoms with Gasteiger partial charge in [0.05, 0.1) is 29.6 Å². The van der Waals surface area contributed by atoms with Gasteiger partial charge in [-0.3, -0.25) is 9.69 Å². The number of aromatic nitrogens is 1. The molecule has 0 radical (unpaired) electrons. The molecule has 2 fully saturated rings. The van der Waals surface area contributed by atoms with Gasteiger partial charge in [0.25, 0.3) is 5.91 Å². The SMILES string of the molecule is Cc1ccc(CN2C(=O)C(=Cc3nc(S(=O)(=O)c4ccc(C)c(C)c4)c(N4CCOCC4)o3)SC2=S)cc1. The minimum Gasteiger partial charge on any atom is -0.420 e. The monoisotopic (exact) mass is 569 g/mol. The van der Waals surface area contributed by atoms with Crippen molar-refractivity contribution in [1.82, 2.24) is 9.88 Å². The molecule has 11 heteroatoms. The molecule has 0 atom stereocenters. The molecular formula is C27H27N3O5S3. The summed E-state index contributed by atoms with van der Waals surface area (Å²) in [5.74, 6) is -0.0945. The van der Waals surface area contributed by atoms with Crippen molar-refractivity contribution >= 4 is 56.0 Å². The van der Waals surface area contributed by atoms with Gasteiger partial charge in [-0.1, -0.05) is 59.9 Å². The third-order valence-electron chi connectivity index (χ3n) is 6.53. The van der Waals surface area contributed by atoms with E-state index in [2.05, 4.69) is 4.98 Å². The number of hydrogen-bond acceptors (Lipinski definition) is 9. The Morgan fingerprint density at radius 2 is 1.76 bits per heavy atom. The zero-order valence-corrected chi connectivity index (χ0v) is 23.7. The smallest absolute Gasteiger partial charge is 0.266 e. The van der Waals surface area contributed by atoms with Crippen LogP contribution in [-0.4, -0.2) is 54.8 Å². The van der Waals surface area contributed by atoms with E-state index in [-0.39, 0.29) is 27.6 Å². The maximum Gasteiger partial charge on any atom is 0.266 e. The summed E-state index contributed by atoms with van der Waals surface area (Å²) in [6.45, 7) is 7.94. The first-order chi connectivity index (χ1) is 18.1. The number of hydrogen-bond donors (Lipinski definition) is 0. The molecule has 5 rings (SSSR count). The average Bonchev–Trinajstić information content (AvgIpc) is 3.44. The van der Waals surface area contributed by atoms with E-state index in [1.807, 2.05) is 49.9 Å². The Labute approximate surface area is 231 Å². The highest BCUT2D eigenvalue weighted by Crippen LogP contribution is 2.37. The molecule has 8 nitrogen and oxygen atoms in total. The van der Waals surface area contributed by atoms with E-state index in [9.17, 15) is 13.2 Å².